The molecule has 1 aliphatic rings. The SMILES string of the molecule is C=CC(=O)Nc1ccnc(-c2nccc3cnc(Nc4ccc(NC5CN(C(C)=O)C5)nc4)nc23)c1. The van der Waals surface area contributed by atoms with E-state index in [1.807, 2.05) is 18.2 Å². The second-order valence-electron chi connectivity index (χ2n) is 8.24. The summed E-state index contributed by atoms with van der Waals surface area (Å²) >= 11 is 0. The van der Waals surface area contributed by atoms with E-state index in [1.54, 1.807) is 48.7 Å². The predicted molar refractivity (Wildman–Crippen MR) is 137 cm³/mol. The van der Waals surface area contributed by atoms with Gasteiger partial charge in [0.25, 0.3) is 0 Å². The van der Waals surface area contributed by atoms with E-state index in [1.165, 1.54) is 6.08 Å². The molecule has 0 aliphatic carbocycles. The molecule has 0 unspecified atom stereocenters. The van der Waals surface area contributed by atoms with Crippen molar-refractivity contribution in [3.8, 4) is 11.4 Å². The lowest BCUT2D eigenvalue weighted by Crippen LogP contribution is -2.56. The molecule has 0 saturated carbocycles. The Morgan fingerprint density at radius 3 is 2.61 bits per heavy atom. The lowest BCUT2D eigenvalue weighted by Gasteiger charge is -2.39. The average molecular weight is 482 g/mol. The van der Waals surface area contributed by atoms with Gasteiger partial charge in [0.2, 0.25) is 17.8 Å². The number of carbonyl (C=O) groups excluding carboxylic acids is 2. The molecule has 3 N–H and O–H groups in total. The molecule has 5 rings (SSSR count). The first-order chi connectivity index (χ1) is 17.5. The van der Waals surface area contributed by atoms with Crippen LogP contribution in [-0.4, -0.2) is 60.8 Å². The molecule has 0 bridgehead atoms. The molecule has 0 aromatic carbocycles. The highest BCUT2D eigenvalue weighted by atomic mass is 16.2. The molecule has 11 heteroatoms. The van der Waals surface area contributed by atoms with Crippen LogP contribution in [0.5, 0.6) is 0 Å². The number of hydrogen-bond acceptors (Lipinski definition) is 9. The molecule has 180 valence electrons. The molecule has 1 fully saturated rings. The molecule has 0 radical (unpaired) electrons. The van der Waals surface area contributed by atoms with Gasteiger partial charge in [0.15, 0.2) is 0 Å². The van der Waals surface area contributed by atoms with Crippen molar-refractivity contribution >= 4 is 45.9 Å². The Kier molecular flexibility index (Phi) is 6.18. The first kappa shape index (κ1) is 22.8. The summed E-state index contributed by atoms with van der Waals surface area (Å²) in [5.41, 5.74) is 3.03. The Bertz CT molecular complexity index is 1450. The summed E-state index contributed by atoms with van der Waals surface area (Å²) in [7, 11) is 0. The Balaban J connectivity index is 1.33. The Labute approximate surface area is 206 Å². The summed E-state index contributed by atoms with van der Waals surface area (Å²) in [5.74, 6) is 0.880. The number of nitrogens with one attached hydrogen (secondary N) is 3. The Morgan fingerprint density at radius 2 is 1.86 bits per heavy atom. The van der Waals surface area contributed by atoms with Gasteiger partial charge in [0.05, 0.1) is 23.6 Å². The van der Waals surface area contributed by atoms with E-state index in [0.717, 1.165) is 16.9 Å². The van der Waals surface area contributed by atoms with Gasteiger partial charge in [-0.05, 0) is 36.4 Å². The highest BCUT2D eigenvalue weighted by molar-refractivity contribution is 5.99. The zero-order chi connectivity index (χ0) is 25.1. The minimum atomic E-state index is -0.313. The van der Waals surface area contributed by atoms with Gasteiger partial charge in [-0.25, -0.2) is 15.0 Å². The summed E-state index contributed by atoms with van der Waals surface area (Å²) in [6.45, 7) is 6.39. The van der Waals surface area contributed by atoms with Gasteiger partial charge in [-0.2, -0.15) is 0 Å². The van der Waals surface area contributed by atoms with Crippen molar-refractivity contribution in [2.24, 2.45) is 0 Å². The maximum atomic E-state index is 11.7. The number of hydrogen-bond donors (Lipinski definition) is 3. The third-order valence-electron chi connectivity index (χ3n) is 5.65. The normalized spacial score (nSPS) is 13.1. The summed E-state index contributed by atoms with van der Waals surface area (Å²) in [6, 6.07) is 9.18. The van der Waals surface area contributed by atoms with Crippen LogP contribution in [-0.2, 0) is 9.59 Å². The zero-order valence-electron chi connectivity index (χ0n) is 19.5. The molecule has 4 aromatic rings. The van der Waals surface area contributed by atoms with Crippen LogP contribution in [0.4, 0.5) is 23.1 Å². The lowest BCUT2D eigenvalue weighted by molar-refractivity contribution is -0.132. The van der Waals surface area contributed by atoms with Crippen LogP contribution in [0.1, 0.15) is 6.92 Å². The second kappa shape index (κ2) is 9.74. The van der Waals surface area contributed by atoms with Crippen LogP contribution in [0.2, 0.25) is 0 Å². The van der Waals surface area contributed by atoms with Gasteiger partial charge in [-0.15, -0.1) is 0 Å². The lowest BCUT2D eigenvalue weighted by atomic mass is 10.1. The molecule has 1 saturated heterocycles. The number of rotatable bonds is 7. The monoisotopic (exact) mass is 481 g/mol. The molecule has 5 heterocycles. The third kappa shape index (κ3) is 4.94. The number of anilines is 4. The van der Waals surface area contributed by atoms with Gasteiger partial charge in [0, 0.05) is 49.7 Å². The number of aromatic nitrogens is 5. The predicted octanol–water partition coefficient (Wildman–Crippen LogP) is 2.99. The summed E-state index contributed by atoms with van der Waals surface area (Å²) in [6.07, 6.45) is 7.86. The van der Waals surface area contributed by atoms with Crippen molar-refractivity contribution in [3.63, 3.8) is 0 Å². The molecular weight excluding hydrogens is 458 g/mol. The molecule has 4 aromatic heterocycles. The van der Waals surface area contributed by atoms with Crippen LogP contribution >= 0.6 is 0 Å². The van der Waals surface area contributed by atoms with Crippen LogP contribution in [0, 0.1) is 0 Å². The minimum Gasteiger partial charge on any atom is -0.364 e. The van der Waals surface area contributed by atoms with Crippen LogP contribution in [0.15, 0.2) is 67.8 Å². The van der Waals surface area contributed by atoms with E-state index in [4.69, 9.17) is 0 Å². The van der Waals surface area contributed by atoms with Crippen LogP contribution in [0.25, 0.3) is 22.3 Å². The number of fused-ring (bicyclic) bond motifs is 1. The number of likely N-dealkylation sites (tertiary alicyclic amines) is 1. The average Bonchev–Trinajstić information content (AvgIpc) is 2.86. The van der Waals surface area contributed by atoms with Gasteiger partial charge in [0.1, 0.15) is 17.0 Å². The van der Waals surface area contributed by atoms with Crippen LogP contribution in [0.3, 0.4) is 0 Å². The Morgan fingerprint density at radius 1 is 1.03 bits per heavy atom. The highest BCUT2D eigenvalue weighted by Crippen LogP contribution is 2.26. The first-order valence-electron chi connectivity index (χ1n) is 11.3. The summed E-state index contributed by atoms with van der Waals surface area (Å²) in [5, 5.41) is 10.0. The molecule has 1 aliphatic heterocycles. The maximum Gasteiger partial charge on any atom is 0.247 e. The minimum absolute atomic E-state index is 0.0808. The van der Waals surface area contributed by atoms with Crippen molar-refractivity contribution < 1.29 is 9.59 Å². The van der Waals surface area contributed by atoms with Crippen molar-refractivity contribution in [2.45, 2.75) is 13.0 Å². The summed E-state index contributed by atoms with van der Waals surface area (Å²) in [4.78, 5) is 47.2. The molecule has 11 nitrogen and oxygen atoms in total. The highest BCUT2D eigenvalue weighted by Gasteiger charge is 2.28. The Hall–Kier alpha value is -4.93. The zero-order valence-corrected chi connectivity index (χ0v) is 19.5. The fraction of sp³-hybridized carbons (Fsp3) is 0.160. The molecule has 0 spiro atoms. The van der Waals surface area contributed by atoms with E-state index in [0.29, 0.717) is 41.6 Å². The number of nitrogens with zero attached hydrogens (tertiary/aromatic N) is 6. The molecular formula is C25H23N9O2. The van der Waals surface area contributed by atoms with Crippen molar-refractivity contribution in [3.05, 3.63) is 67.8 Å². The smallest absolute Gasteiger partial charge is 0.247 e. The number of carbonyl (C=O) groups is 2. The topological polar surface area (TPSA) is 138 Å². The maximum absolute atomic E-state index is 11.7. The van der Waals surface area contributed by atoms with Crippen molar-refractivity contribution in [1.82, 2.24) is 29.8 Å². The fourth-order valence-corrected chi connectivity index (χ4v) is 3.75. The van der Waals surface area contributed by atoms with Crippen LogP contribution < -0.4 is 16.0 Å². The van der Waals surface area contributed by atoms with Gasteiger partial charge >= 0.3 is 0 Å². The number of amides is 2. The van der Waals surface area contributed by atoms with Gasteiger partial charge in [-0.3, -0.25) is 19.6 Å². The second-order valence-corrected chi connectivity index (χ2v) is 8.24. The standard InChI is InChI=1S/C25H23N9O2/c1-3-22(36)31-17-7-9-26-20(10-17)24-23-16(6-8-27-24)11-29-25(33-23)32-18-4-5-21(28-12-18)30-19-13-34(14-19)15(2)35/h3-12,19H,1,13-14H2,2H3,(H,28,30)(H,26,31,36)(H,29,32,33). The quantitative estimate of drug-likeness (QED) is 0.340. The van der Waals surface area contributed by atoms with E-state index in [-0.39, 0.29) is 17.9 Å². The van der Waals surface area contributed by atoms with E-state index < -0.39 is 0 Å². The fourth-order valence-electron chi connectivity index (χ4n) is 3.75. The van der Waals surface area contributed by atoms with Crippen molar-refractivity contribution in [1.29, 1.82) is 0 Å². The molecule has 2 amide bonds. The van der Waals surface area contributed by atoms with E-state index in [2.05, 4.69) is 47.4 Å². The van der Waals surface area contributed by atoms with Gasteiger partial charge < -0.3 is 20.9 Å². The van der Waals surface area contributed by atoms with E-state index >= 15 is 0 Å². The molecule has 0 atom stereocenters. The first-order valence-corrected chi connectivity index (χ1v) is 11.3. The van der Waals surface area contributed by atoms with E-state index in [9.17, 15) is 9.59 Å². The third-order valence-corrected chi connectivity index (χ3v) is 5.65. The number of pyridine rings is 3. The molecule has 36 heavy (non-hydrogen) atoms. The van der Waals surface area contributed by atoms with Gasteiger partial charge in [-0.1, -0.05) is 6.58 Å². The summed E-state index contributed by atoms with van der Waals surface area (Å²) < 4.78 is 0. The largest absolute Gasteiger partial charge is 0.364 e. The van der Waals surface area contributed by atoms with Crippen molar-refractivity contribution in [2.75, 3.05) is 29.0 Å².